The monoisotopic (exact) mass is 288 g/mol. The van der Waals surface area contributed by atoms with Gasteiger partial charge in [0.25, 0.3) is 0 Å². The van der Waals surface area contributed by atoms with Crippen molar-refractivity contribution in [2.24, 2.45) is 0 Å². The number of hydrogen-bond acceptors (Lipinski definition) is 4. The molecule has 0 radical (unpaired) electrons. The lowest BCUT2D eigenvalue weighted by Crippen LogP contribution is -2.22. The maximum absolute atomic E-state index is 12.2. The summed E-state index contributed by atoms with van der Waals surface area (Å²) in [4.78, 5) is 12.2. The van der Waals surface area contributed by atoms with Gasteiger partial charge in [-0.1, -0.05) is 11.6 Å². The van der Waals surface area contributed by atoms with Crippen molar-refractivity contribution in [3.8, 4) is 0 Å². The van der Waals surface area contributed by atoms with Gasteiger partial charge >= 0.3 is 5.91 Å². The minimum absolute atomic E-state index is 0.272. The predicted octanol–water partition coefficient (Wildman–Crippen LogP) is 2.69. The molecule has 0 atom stereocenters. The number of carbonyl (C=O) groups excluding carboxylic acids is 1. The summed E-state index contributed by atoms with van der Waals surface area (Å²) in [5.74, 6) is -0.0949. The van der Waals surface area contributed by atoms with Crippen molar-refractivity contribution >= 4 is 29.1 Å². The van der Waals surface area contributed by atoms with E-state index in [2.05, 4.69) is 15.6 Å². The Balaban J connectivity index is 2.02. The molecule has 2 heterocycles. The summed E-state index contributed by atoms with van der Waals surface area (Å²) in [6.45, 7) is 3.85. The molecule has 0 aliphatic rings. The molecule has 0 aliphatic carbocycles. The third-order valence-electron chi connectivity index (χ3n) is 3.07. The lowest BCUT2D eigenvalue weighted by atomic mass is 10.1. The third-order valence-corrected chi connectivity index (χ3v) is 3.36. The van der Waals surface area contributed by atoms with E-state index in [0.29, 0.717) is 10.4 Å². The van der Waals surface area contributed by atoms with Crippen molar-refractivity contribution in [3.05, 3.63) is 46.2 Å². The second-order valence-electron chi connectivity index (χ2n) is 4.53. The van der Waals surface area contributed by atoms with Gasteiger partial charge in [-0.3, -0.25) is 15.3 Å². The van der Waals surface area contributed by atoms with E-state index in [1.54, 1.807) is 0 Å². The Morgan fingerprint density at radius 1 is 1.45 bits per heavy atom. The van der Waals surface area contributed by atoms with Crippen LogP contribution in [0.5, 0.6) is 0 Å². The highest BCUT2D eigenvalue weighted by Gasteiger charge is 2.18. The van der Waals surface area contributed by atoms with Crippen LogP contribution in [0.25, 0.3) is 11.0 Å². The Morgan fingerprint density at radius 2 is 2.25 bits per heavy atom. The Labute approximate surface area is 119 Å². The van der Waals surface area contributed by atoms with Gasteiger partial charge in [0.15, 0.2) is 5.76 Å². The molecule has 3 rings (SSSR count). The Morgan fingerprint density at radius 3 is 2.95 bits per heavy atom. The molecule has 0 spiro atoms. The first-order chi connectivity index (χ1) is 9.56. The molecule has 1 aromatic carbocycles. The molecule has 0 unspecified atom stereocenters. The van der Waals surface area contributed by atoms with Crippen molar-refractivity contribution in [2.45, 2.75) is 13.8 Å². The van der Waals surface area contributed by atoms with Crippen molar-refractivity contribution in [1.82, 2.24) is 14.9 Å². The summed E-state index contributed by atoms with van der Waals surface area (Å²) >= 11 is 4.97. The number of carbonyl (C=O) groups is 1. The second-order valence-corrected chi connectivity index (χ2v) is 4.91. The molecule has 0 saturated heterocycles. The lowest BCUT2D eigenvalue weighted by Gasteiger charge is -2.02. The largest absolute Gasteiger partial charge is 0.451 e. The quantitative estimate of drug-likeness (QED) is 0.711. The molecule has 1 amide bonds. The smallest absolute Gasteiger partial charge is 0.306 e. The van der Waals surface area contributed by atoms with Crippen LogP contribution < -0.4 is 5.43 Å². The van der Waals surface area contributed by atoms with Crippen molar-refractivity contribution in [2.75, 3.05) is 5.43 Å². The number of hydrogen-bond donors (Lipinski definition) is 2. The number of nitrogens with zero attached hydrogens (tertiary/aromatic N) is 2. The van der Waals surface area contributed by atoms with Crippen LogP contribution in [-0.4, -0.2) is 20.8 Å². The third kappa shape index (κ3) is 2.01. The topological polar surface area (TPSA) is 75.8 Å². The van der Waals surface area contributed by atoms with E-state index in [1.165, 1.54) is 11.0 Å². The summed E-state index contributed by atoms with van der Waals surface area (Å²) in [7, 11) is 0. The normalized spacial score (nSPS) is 10.9. The number of aromatic nitrogens is 3. The van der Waals surface area contributed by atoms with Crippen molar-refractivity contribution in [3.63, 3.8) is 0 Å². The predicted molar refractivity (Wildman–Crippen MR) is 76.8 cm³/mol. The first-order valence-electron chi connectivity index (χ1n) is 5.99. The van der Waals surface area contributed by atoms with Gasteiger partial charge in [-0.2, -0.15) is 5.10 Å². The number of furan rings is 1. The number of rotatable bonds is 2. The number of H-pyrrole nitrogens is 1. The van der Waals surface area contributed by atoms with Crippen LogP contribution in [0.1, 0.15) is 21.7 Å². The number of aryl methyl sites for hydroxylation is 2. The highest BCUT2D eigenvalue weighted by Crippen LogP contribution is 2.26. The van der Waals surface area contributed by atoms with E-state index < -0.39 is 0 Å². The standard InChI is InChI=1S/C13H12N4O2S/c1-7-3-4-10-9(5-7)8(2)11(19-10)12(18)16-17-6-14-15-13(17)20/h3-6H,1-2H3,(H,15,20)(H,16,18). The maximum Gasteiger partial charge on any atom is 0.306 e. The summed E-state index contributed by atoms with van der Waals surface area (Å²) in [5.41, 5.74) is 5.22. The maximum atomic E-state index is 12.2. The number of aromatic amines is 1. The summed E-state index contributed by atoms with van der Waals surface area (Å²) in [5, 5.41) is 7.23. The lowest BCUT2D eigenvalue weighted by molar-refractivity contribution is 0.0982. The van der Waals surface area contributed by atoms with Gasteiger partial charge in [-0.25, -0.2) is 4.68 Å². The fourth-order valence-electron chi connectivity index (χ4n) is 2.04. The summed E-state index contributed by atoms with van der Waals surface area (Å²) in [6.07, 6.45) is 1.39. The molecule has 2 aromatic heterocycles. The van der Waals surface area contributed by atoms with Crippen LogP contribution in [-0.2, 0) is 0 Å². The van der Waals surface area contributed by atoms with Gasteiger partial charge in [0.2, 0.25) is 4.77 Å². The van der Waals surface area contributed by atoms with Crippen LogP contribution in [0.2, 0.25) is 0 Å². The fourth-order valence-corrected chi connectivity index (χ4v) is 2.18. The molecule has 0 fully saturated rings. The Kier molecular flexibility index (Phi) is 2.90. The van der Waals surface area contributed by atoms with Gasteiger partial charge in [-0.05, 0) is 38.2 Å². The summed E-state index contributed by atoms with van der Waals surface area (Å²) < 4.78 is 7.25. The fraction of sp³-hybridized carbons (Fsp3) is 0.154. The molecular weight excluding hydrogens is 276 g/mol. The number of fused-ring (bicyclic) bond motifs is 1. The van der Waals surface area contributed by atoms with Crippen LogP contribution in [0.3, 0.4) is 0 Å². The van der Waals surface area contributed by atoms with Gasteiger partial charge in [0.05, 0.1) is 0 Å². The Bertz CT molecular complexity index is 859. The molecule has 7 heteroatoms. The van der Waals surface area contributed by atoms with Crippen LogP contribution in [0, 0.1) is 18.6 Å². The Hall–Kier alpha value is -2.41. The van der Waals surface area contributed by atoms with E-state index in [4.69, 9.17) is 16.6 Å². The zero-order chi connectivity index (χ0) is 14.3. The molecule has 2 N–H and O–H groups in total. The average molecular weight is 288 g/mol. The molecule has 3 aromatic rings. The molecule has 6 nitrogen and oxygen atoms in total. The van der Waals surface area contributed by atoms with Crippen molar-refractivity contribution < 1.29 is 9.21 Å². The zero-order valence-corrected chi connectivity index (χ0v) is 11.7. The number of nitrogens with one attached hydrogen (secondary N) is 2. The van der Waals surface area contributed by atoms with E-state index >= 15 is 0 Å². The van der Waals surface area contributed by atoms with Gasteiger partial charge in [0, 0.05) is 10.9 Å². The van der Waals surface area contributed by atoms with Gasteiger partial charge in [0.1, 0.15) is 11.9 Å². The molecule has 20 heavy (non-hydrogen) atoms. The molecule has 0 aliphatic heterocycles. The highest BCUT2D eigenvalue weighted by molar-refractivity contribution is 7.71. The zero-order valence-electron chi connectivity index (χ0n) is 10.9. The van der Waals surface area contributed by atoms with Gasteiger partial charge < -0.3 is 4.42 Å². The first-order valence-corrected chi connectivity index (χ1v) is 6.40. The number of benzene rings is 1. The van der Waals surface area contributed by atoms with E-state index in [0.717, 1.165) is 16.5 Å². The number of amides is 1. The van der Waals surface area contributed by atoms with Crippen LogP contribution >= 0.6 is 12.2 Å². The molecule has 0 saturated carbocycles. The first kappa shape index (κ1) is 12.6. The van der Waals surface area contributed by atoms with E-state index in [-0.39, 0.29) is 11.7 Å². The van der Waals surface area contributed by atoms with Crippen molar-refractivity contribution in [1.29, 1.82) is 0 Å². The van der Waals surface area contributed by atoms with Crippen LogP contribution in [0.4, 0.5) is 0 Å². The second kappa shape index (κ2) is 4.61. The average Bonchev–Trinajstić information content (AvgIpc) is 2.95. The van der Waals surface area contributed by atoms with E-state index in [9.17, 15) is 4.79 Å². The molecule has 0 bridgehead atoms. The van der Waals surface area contributed by atoms with Gasteiger partial charge in [-0.15, -0.1) is 0 Å². The van der Waals surface area contributed by atoms with Crippen LogP contribution in [0.15, 0.2) is 28.9 Å². The van der Waals surface area contributed by atoms with E-state index in [1.807, 2.05) is 32.0 Å². The highest BCUT2D eigenvalue weighted by atomic mass is 32.1. The molecular formula is C13H12N4O2S. The summed E-state index contributed by atoms with van der Waals surface area (Å²) in [6, 6.07) is 5.80. The minimum atomic E-state index is -0.367. The SMILES string of the molecule is Cc1ccc2oc(C(=O)Nn3cn[nH]c3=S)c(C)c2c1. The minimum Gasteiger partial charge on any atom is -0.451 e. The molecule has 102 valence electrons.